The topological polar surface area (TPSA) is 35.5 Å². The van der Waals surface area contributed by atoms with Crippen LogP contribution < -0.4 is 9.47 Å². The van der Waals surface area contributed by atoms with Gasteiger partial charge in [0, 0.05) is 12.0 Å². The Labute approximate surface area is 103 Å². The third-order valence-electron chi connectivity index (χ3n) is 3.00. The van der Waals surface area contributed by atoms with Gasteiger partial charge in [0.05, 0.1) is 14.2 Å². The molecular weight excluding hydrogens is 216 g/mol. The molecule has 0 aliphatic rings. The van der Waals surface area contributed by atoms with E-state index in [-0.39, 0.29) is 5.92 Å². The van der Waals surface area contributed by atoms with E-state index in [1.807, 2.05) is 19.1 Å². The Morgan fingerprint density at radius 2 is 1.88 bits per heavy atom. The second-order valence-corrected chi connectivity index (χ2v) is 4.21. The van der Waals surface area contributed by atoms with Crippen LogP contribution in [0.15, 0.2) is 12.1 Å². The van der Waals surface area contributed by atoms with Crippen LogP contribution in [0.2, 0.25) is 0 Å². The number of rotatable bonds is 6. The maximum absolute atomic E-state index is 10.4. The average Bonchev–Trinajstić information content (AvgIpc) is 2.35. The number of benzene rings is 1. The van der Waals surface area contributed by atoms with Crippen molar-refractivity contribution in [3.8, 4) is 11.5 Å². The lowest BCUT2D eigenvalue weighted by molar-refractivity contribution is -0.108. The molecule has 0 N–H and O–H groups in total. The van der Waals surface area contributed by atoms with Gasteiger partial charge in [0.25, 0.3) is 0 Å². The Balaban J connectivity index is 3.06. The summed E-state index contributed by atoms with van der Waals surface area (Å²) in [4.78, 5) is 10.4. The van der Waals surface area contributed by atoms with Crippen LogP contribution in [0, 0.1) is 6.92 Å². The lowest BCUT2D eigenvalue weighted by Crippen LogP contribution is -2.00. The monoisotopic (exact) mass is 236 g/mol. The number of hydrogen-bond donors (Lipinski definition) is 0. The standard InChI is InChI=1S/C14H20O3/c1-10(6-5-7-15)12-9-13(16-3)11(2)8-14(12)17-4/h7-10H,5-6H2,1-4H3/t10-/m1/s1. The smallest absolute Gasteiger partial charge is 0.122 e. The van der Waals surface area contributed by atoms with Gasteiger partial charge in [-0.2, -0.15) is 0 Å². The SMILES string of the molecule is COc1cc([C@H](C)CCC=O)c(OC)cc1C. The highest BCUT2D eigenvalue weighted by Gasteiger charge is 2.14. The van der Waals surface area contributed by atoms with Crippen LogP contribution in [-0.4, -0.2) is 20.5 Å². The summed E-state index contributed by atoms with van der Waals surface area (Å²) in [6.45, 7) is 4.08. The van der Waals surface area contributed by atoms with E-state index in [2.05, 4.69) is 6.92 Å². The number of carbonyl (C=O) groups is 1. The van der Waals surface area contributed by atoms with Gasteiger partial charge in [0.15, 0.2) is 0 Å². The number of carbonyl (C=O) groups excluding carboxylic acids is 1. The number of methoxy groups -OCH3 is 2. The summed E-state index contributed by atoms with van der Waals surface area (Å²) in [5.41, 5.74) is 2.15. The molecule has 0 unspecified atom stereocenters. The van der Waals surface area contributed by atoms with E-state index in [0.29, 0.717) is 6.42 Å². The maximum atomic E-state index is 10.4. The van der Waals surface area contributed by atoms with Crippen LogP contribution in [0.4, 0.5) is 0 Å². The molecule has 0 radical (unpaired) electrons. The molecule has 0 fully saturated rings. The predicted octanol–water partition coefficient (Wildman–Crippen LogP) is 3.09. The first-order chi connectivity index (χ1) is 8.13. The van der Waals surface area contributed by atoms with E-state index in [1.165, 1.54) is 0 Å². The Kier molecular flexibility index (Phi) is 5.01. The largest absolute Gasteiger partial charge is 0.496 e. The molecular formula is C14H20O3. The van der Waals surface area contributed by atoms with E-state index in [9.17, 15) is 4.79 Å². The van der Waals surface area contributed by atoms with Crippen molar-refractivity contribution < 1.29 is 14.3 Å². The molecule has 3 nitrogen and oxygen atoms in total. The molecule has 0 bridgehead atoms. The molecule has 94 valence electrons. The minimum atomic E-state index is 0.282. The van der Waals surface area contributed by atoms with E-state index < -0.39 is 0 Å². The van der Waals surface area contributed by atoms with E-state index in [0.717, 1.165) is 35.3 Å². The van der Waals surface area contributed by atoms with E-state index in [4.69, 9.17) is 9.47 Å². The van der Waals surface area contributed by atoms with Crippen molar-refractivity contribution in [3.63, 3.8) is 0 Å². The molecule has 0 saturated carbocycles. The zero-order valence-corrected chi connectivity index (χ0v) is 10.9. The molecule has 1 atom stereocenters. The summed E-state index contributed by atoms with van der Waals surface area (Å²) in [5, 5.41) is 0. The third kappa shape index (κ3) is 3.22. The Bertz CT molecular complexity index is 385. The van der Waals surface area contributed by atoms with Gasteiger partial charge in [0.1, 0.15) is 17.8 Å². The van der Waals surface area contributed by atoms with Crippen LogP contribution in [-0.2, 0) is 4.79 Å². The van der Waals surface area contributed by atoms with Crippen molar-refractivity contribution in [1.29, 1.82) is 0 Å². The van der Waals surface area contributed by atoms with Crippen molar-refractivity contribution in [2.45, 2.75) is 32.6 Å². The van der Waals surface area contributed by atoms with Crippen molar-refractivity contribution in [2.24, 2.45) is 0 Å². The second-order valence-electron chi connectivity index (χ2n) is 4.21. The number of hydrogen-bond acceptors (Lipinski definition) is 3. The quantitative estimate of drug-likeness (QED) is 0.712. The van der Waals surface area contributed by atoms with Crippen molar-refractivity contribution in [1.82, 2.24) is 0 Å². The van der Waals surface area contributed by atoms with Crippen molar-refractivity contribution in [3.05, 3.63) is 23.3 Å². The molecule has 0 amide bonds. The summed E-state index contributed by atoms with van der Waals surface area (Å²) in [5.74, 6) is 2.00. The molecule has 0 heterocycles. The summed E-state index contributed by atoms with van der Waals surface area (Å²) < 4.78 is 10.7. The fourth-order valence-electron chi connectivity index (χ4n) is 1.93. The average molecular weight is 236 g/mol. The zero-order valence-electron chi connectivity index (χ0n) is 10.9. The molecule has 1 aromatic rings. The minimum absolute atomic E-state index is 0.282. The summed E-state index contributed by atoms with van der Waals surface area (Å²) in [7, 11) is 3.33. The molecule has 1 rings (SSSR count). The first kappa shape index (κ1) is 13.6. The van der Waals surface area contributed by atoms with Gasteiger partial charge >= 0.3 is 0 Å². The summed E-state index contributed by atoms with van der Waals surface area (Å²) in [6.07, 6.45) is 2.35. The lowest BCUT2D eigenvalue weighted by atomic mass is 9.94. The fourth-order valence-corrected chi connectivity index (χ4v) is 1.93. The zero-order chi connectivity index (χ0) is 12.8. The summed E-state index contributed by atoms with van der Waals surface area (Å²) in [6, 6.07) is 3.98. The molecule has 0 spiro atoms. The fraction of sp³-hybridized carbons (Fsp3) is 0.500. The number of aldehydes is 1. The Hall–Kier alpha value is -1.51. The number of ether oxygens (including phenoxy) is 2. The third-order valence-corrected chi connectivity index (χ3v) is 3.00. The molecule has 1 aromatic carbocycles. The first-order valence-electron chi connectivity index (χ1n) is 5.80. The van der Waals surface area contributed by atoms with Gasteiger partial charge < -0.3 is 14.3 Å². The van der Waals surface area contributed by atoms with Crippen molar-refractivity contribution in [2.75, 3.05) is 14.2 Å². The van der Waals surface area contributed by atoms with Crippen molar-refractivity contribution >= 4 is 6.29 Å². The predicted molar refractivity (Wildman–Crippen MR) is 68.0 cm³/mol. The van der Waals surface area contributed by atoms with Crippen LogP contribution in [0.5, 0.6) is 11.5 Å². The van der Waals surface area contributed by atoms with Gasteiger partial charge in [-0.25, -0.2) is 0 Å². The Morgan fingerprint density at radius 1 is 1.24 bits per heavy atom. The van der Waals surface area contributed by atoms with Gasteiger partial charge in [-0.1, -0.05) is 6.92 Å². The minimum Gasteiger partial charge on any atom is -0.496 e. The highest BCUT2D eigenvalue weighted by atomic mass is 16.5. The molecule has 0 aromatic heterocycles. The molecule has 0 aliphatic heterocycles. The van der Waals surface area contributed by atoms with Gasteiger partial charge in [-0.15, -0.1) is 0 Å². The summed E-state index contributed by atoms with van der Waals surface area (Å²) >= 11 is 0. The highest BCUT2D eigenvalue weighted by molar-refractivity contribution is 5.51. The molecule has 0 aliphatic carbocycles. The highest BCUT2D eigenvalue weighted by Crippen LogP contribution is 2.34. The van der Waals surface area contributed by atoms with Crippen LogP contribution in [0.25, 0.3) is 0 Å². The Morgan fingerprint density at radius 3 is 2.41 bits per heavy atom. The maximum Gasteiger partial charge on any atom is 0.122 e. The molecule has 3 heteroatoms. The second kappa shape index (κ2) is 6.28. The first-order valence-corrected chi connectivity index (χ1v) is 5.80. The molecule has 0 saturated heterocycles. The van der Waals surface area contributed by atoms with Gasteiger partial charge in [0.2, 0.25) is 0 Å². The molecule has 17 heavy (non-hydrogen) atoms. The van der Waals surface area contributed by atoms with Gasteiger partial charge in [-0.3, -0.25) is 0 Å². The van der Waals surface area contributed by atoms with E-state index >= 15 is 0 Å². The van der Waals surface area contributed by atoms with Crippen LogP contribution in [0.3, 0.4) is 0 Å². The lowest BCUT2D eigenvalue weighted by Gasteiger charge is -2.17. The van der Waals surface area contributed by atoms with E-state index in [1.54, 1.807) is 14.2 Å². The normalized spacial score (nSPS) is 12.0. The van der Waals surface area contributed by atoms with Gasteiger partial charge in [-0.05, 0) is 37.0 Å². The van der Waals surface area contributed by atoms with Crippen LogP contribution in [0.1, 0.15) is 36.8 Å². The number of aryl methyl sites for hydroxylation is 1. The van der Waals surface area contributed by atoms with Crippen LogP contribution >= 0.6 is 0 Å².